The summed E-state index contributed by atoms with van der Waals surface area (Å²) in [7, 11) is 0. The van der Waals surface area contributed by atoms with Gasteiger partial charge in [-0.2, -0.15) is 0 Å². The highest BCUT2D eigenvalue weighted by Gasteiger charge is 2.41. The molecule has 154 valence electrons. The van der Waals surface area contributed by atoms with Crippen LogP contribution in [0.4, 0.5) is 0 Å². The molecule has 4 aromatic rings. The van der Waals surface area contributed by atoms with E-state index in [0.29, 0.717) is 43.2 Å². The predicted octanol–water partition coefficient (Wildman–Crippen LogP) is 5.20. The molecule has 5 rings (SSSR count). The van der Waals surface area contributed by atoms with Gasteiger partial charge in [-0.15, -0.1) is 11.3 Å². The van der Waals surface area contributed by atoms with E-state index in [2.05, 4.69) is 0 Å². The molecule has 1 heterocycles. The SMILES string of the molecule is CC1CC1C(=O)Oc1cccc2c(=O)c3cc(C(=O)Oc4ccccc4)ccc3sc12. The van der Waals surface area contributed by atoms with Crippen LogP contribution >= 0.6 is 11.3 Å². The van der Waals surface area contributed by atoms with E-state index in [0.717, 1.165) is 6.42 Å². The highest BCUT2D eigenvalue weighted by atomic mass is 32.1. The van der Waals surface area contributed by atoms with Crippen LogP contribution in [-0.2, 0) is 4.79 Å². The van der Waals surface area contributed by atoms with E-state index in [1.54, 1.807) is 60.7 Å². The Balaban J connectivity index is 1.53. The summed E-state index contributed by atoms with van der Waals surface area (Å²) in [5.74, 6) is 0.338. The van der Waals surface area contributed by atoms with Crippen LogP contribution in [0.3, 0.4) is 0 Å². The zero-order valence-corrected chi connectivity index (χ0v) is 17.5. The van der Waals surface area contributed by atoms with Crippen molar-refractivity contribution in [2.45, 2.75) is 13.3 Å². The van der Waals surface area contributed by atoms with Gasteiger partial charge in [-0.3, -0.25) is 9.59 Å². The van der Waals surface area contributed by atoms with E-state index in [-0.39, 0.29) is 17.3 Å². The monoisotopic (exact) mass is 430 g/mol. The molecule has 0 bridgehead atoms. The molecular weight excluding hydrogens is 412 g/mol. The Morgan fingerprint density at radius 1 is 0.935 bits per heavy atom. The summed E-state index contributed by atoms with van der Waals surface area (Å²) < 4.78 is 12.3. The van der Waals surface area contributed by atoms with Gasteiger partial charge in [0.05, 0.1) is 16.2 Å². The van der Waals surface area contributed by atoms with Crippen molar-refractivity contribution >= 4 is 43.4 Å². The van der Waals surface area contributed by atoms with Crippen molar-refractivity contribution in [2.24, 2.45) is 11.8 Å². The molecule has 1 saturated carbocycles. The number of carbonyl (C=O) groups is 2. The molecule has 1 aliphatic rings. The molecule has 31 heavy (non-hydrogen) atoms. The van der Waals surface area contributed by atoms with E-state index in [9.17, 15) is 14.4 Å². The fourth-order valence-corrected chi connectivity index (χ4v) is 4.65. The maximum atomic E-state index is 13.2. The van der Waals surface area contributed by atoms with Gasteiger partial charge in [-0.1, -0.05) is 31.2 Å². The summed E-state index contributed by atoms with van der Waals surface area (Å²) in [5, 5.41) is 0.888. The van der Waals surface area contributed by atoms with E-state index in [1.807, 2.05) is 13.0 Å². The van der Waals surface area contributed by atoms with E-state index < -0.39 is 5.97 Å². The van der Waals surface area contributed by atoms with E-state index >= 15 is 0 Å². The van der Waals surface area contributed by atoms with Gasteiger partial charge in [0.15, 0.2) is 5.43 Å². The number of para-hydroxylation sites is 1. The second-order valence-corrected chi connectivity index (χ2v) is 8.77. The third kappa shape index (κ3) is 3.70. The normalized spacial score (nSPS) is 17.5. The maximum Gasteiger partial charge on any atom is 0.343 e. The Morgan fingerprint density at radius 3 is 2.45 bits per heavy atom. The molecule has 3 aromatic carbocycles. The minimum atomic E-state index is -0.529. The fraction of sp³-hybridized carbons (Fsp3) is 0.160. The first-order valence-corrected chi connectivity index (χ1v) is 10.8. The summed E-state index contributed by atoms with van der Waals surface area (Å²) in [4.78, 5) is 38.0. The van der Waals surface area contributed by atoms with Gasteiger partial charge in [0.2, 0.25) is 0 Å². The Morgan fingerprint density at radius 2 is 1.71 bits per heavy atom. The molecule has 1 aromatic heterocycles. The van der Waals surface area contributed by atoms with Crippen molar-refractivity contribution in [1.82, 2.24) is 0 Å². The maximum absolute atomic E-state index is 13.2. The van der Waals surface area contributed by atoms with Crippen LogP contribution in [0.5, 0.6) is 11.5 Å². The molecule has 1 aliphatic carbocycles. The zero-order valence-electron chi connectivity index (χ0n) is 16.7. The summed E-state index contributed by atoms with van der Waals surface area (Å²) >= 11 is 1.36. The largest absolute Gasteiger partial charge is 0.425 e. The van der Waals surface area contributed by atoms with Crippen molar-refractivity contribution in [1.29, 1.82) is 0 Å². The lowest BCUT2D eigenvalue weighted by Gasteiger charge is -2.09. The van der Waals surface area contributed by atoms with Crippen LogP contribution in [0, 0.1) is 11.8 Å². The number of ether oxygens (including phenoxy) is 2. The average Bonchev–Trinajstić information content (AvgIpc) is 3.52. The molecule has 0 aliphatic heterocycles. The molecule has 0 saturated heterocycles. The van der Waals surface area contributed by atoms with Crippen LogP contribution in [0.2, 0.25) is 0 Å². The molecule has 0 spiro atoms. The molecule has 2 atom stereocenters. The van der Waals surface area contributed by atoms with Crippen LogP contribution in [0.25, 0.3) is 20.2 Å². The molecule has 6 heteroatoms. The zero-order chi connectivity index (χ0) is 21.5. The van der Waals surface area contributed by atoms with Gasteiger partial charge in [-0.25, -0.2) is 4.79 Å². The smallest absolute Gasteiger partial charge is 0.343 e. The topological polar surface area (TPSA) is 69.7 Å². The van der Waals surface area contributed by atoms with Crippen molar-refractivity contribution in [3.63, 3.8) is 0 Å². The molecule has 0 amide bonds. The number of carbonyl (C=O) groups excluding carboxylic acids is 2. The van der Waals surface area contributed by atoms with Gasteiger partial charge in [0, 0.05) is 15.5 Å². The molecule has 2 unspecified atom stereocenters. The number of benzene rings is 3. The lowest BCUT2D eigenvalue weighted by molar-refractivity contribution is -0.136. The molecule has 1 fully saturated rings. The van der Waals surface area contributed by atoms with Gasteiger partial charge in [0.25, 0.3) is 0 Å². The first kappa shape index (κ1) is 19.5. The van der Waals surface area contributed by atoms with Crippen molar-refractivity contribution < 1.29 is 19.1 Å². The Kier molecular flexibility index (Phi) is 4.79. The van der Waals surface area contributed by atoms with Crippen LogP contribution < -0.4 is 14.9 Å². The highest BCUT2D eigenvalue weighted by Crippen LogP contribution is 2.40. The van der Waals surface area contributed by atoms with Crippen molar-refractivity contribution in [2.75, 3.05) is 0 Å². The lowest BCUT2D eigenvalue weighted by Crippen LogP contribution is -2.12. The minimum Gasteiger partial charge on any atom is -0.425 e. The van der Waals surface area contributed by atoms with Gasteiger partial charge >= 0.3 is 11.9 Å². The Labute approximate surface area is 181 Å². The first-order valence-electron chi connectivity index (χ1n) is 10.00. The average molecular weight is 430 g/mol. The summed E-state index contributed by atoms with van der Waals surface area (Å²) in [6, 6.07) is 18.8. The molecule has 5 nitrogen and oxygen atoms in total. The van der Waals surface area contributed by atoms with Crippen LogP contribution in [0.1, 0.15) is 23.7 Å². The Hall–Kier alpha value is -3.51. The lowest BCUT2D eigenvalue weighted by atomic mass is 10.1. The van der Waals surface area contributed by atoms with Crippen LogP contribution in [-0.4, -0.2) is 11.9 Å². The van der Waals surface area contributed by atoms with Crippen molar-refractivity contribution in [3.05, 3.63) is 82.5 Å². The highest BCUT2D eigenvalue weighted by molar-refractivity contribution is 7.24. The van der Waals surface area contributed by atoms with E-state index in [1.165, 1.54) is 11.3 Å². The van der Waals surface area contributed by atoms with Crippen molar-refractivity contribution in [3.8, 4) is 11.5 Å². The number of esters is 2. The number of hydrogen-bond acceptors (Lipinski definition) is 6. The summed E-state index contributed by atoms with van der Waals surface area (Å²) in [5.41, 5.74) is 0.0844. The third-order valence-electron chi connectivity index (χ3n) is 5.47. The van der Waals surface area contributed by atoms with Gasteiger partial charge in [-0.05, 0) is 54.8 Å². The summed E-state index contributed by atoms with van der Waals surface area (Å²) in [6.45, 7) is 2.02. The fourth-order valence-electron chi connectivity index (χ4n) is 3.55. The predicted molar refractivity (Wildman–Crippen MR) is 120 cm³/mol. The first-order chi connectivity index (χ1) is 15.0. The Bertz CT molecular complexity index is 1390. The second kappa shape index (κ2) is 7.63. The van der Waals surface area contributed by atoms with E-state index in [4.69, 9.17) is 9.47 Å². The molecule has 0 radical (unpaired) electrons. The number of fused-ring (bicyclic) bond motifs is 2. The second-order valence-electron chi connectivity index (χ2n) is 7.72. The quantitative estimate of drug-likeness (QED) is 0.253. The van der Waals surface area contributed by atoms with Crippen LogP contribution in [0.15, 0.2) is 71.5 Å². The standard InChI is InChI=1S/C25H18O5S/c1-14-12-18(14)25(28)30-20-9-5-8-17-22(26)19-13-15(10-11-21(19)31-23(17)20)24(27)29-16-6-3-2-4-7-16/h2-11,13-14,18H,12H2,1H3. The molecular formula is C25H18O5S. The number of rotatable bonds is 4. The number of hydrogen-bond donors (Lipinski definition) is 0. The van der Waals surface area contributed by atoms with Gasteiger partial charge < -0.3 is 9.47 Å². The summed E-state index contributed by atoms with van der Waals surface area (Å²) in [6.07, 6.45) is 0.838. The minimum absolute atomic E-state index is 0.0642. The molecule has 0 N–H and O–H groups in total. The van der Waals surface area contributed by atoms with Gasteiger partial charge in [0.1, 0.15) is 11.5 Å². The third-order valence-corrected chi connectivity index (χ3v) is 6.67.